The molecule has 2 aromatic rings. The third kappa shape index (κ3) is 5.94. The van der Waals surface area contributed by atoms with Gasteiger partial charge in [-0.05, 0) is 107 Å². The lowest BCUT2D eigenvalue weighted by Gasteiger charge is -2.53. The van der Waals surface area contributed by atoms with Crippen LogP contribution in [0.2, 0.25) is 25.7 Å². The molecule has 2 heterocycles. The molecule has 0 spiro atoms. The third-order valence-corrected chi connectivity index (χ3v) is 12.5. The first-order valence-corrected chi connectivity index (χ1v) is 20.2. The van der Waals surface area contributed by atoms with Crippen LogP contribution >= 0.6 is 15.9 Å². The maximum atomic E-state index is 13.4. The van der Waals surface area contributed by atoms with E-state index < -0.39 is 13.7 Å². The summed E-state index contributed by atoms with van der Waals surface area (Å²) in [7, 11) is -1.18. The fourth-order valence-corrected chi connectivity index (χ4v) is 8.69. The van der Waals surface area contributed by atoms with Crippen LogP contribution in [-0.2, 0) is 27.0 Å². The molecule has 1 aromatic heterocycles. The first-order chi connectivity index (χ1) is 19.3. The van der Waals surface area contributed by atoms with Crippen molar-refractivity contribution in [3.8, 4) is 0 Å². The van der Waals surface area contributed by atoms with Crippen molar-refractivity contribution in [2.75, 3.05) is 6.61 Å². The van der Waals surface area contributed by atoms with E-state index in [0.717, 1.165) is 35.8 Å². The van der Waals surface area contributed by atoms with Crippen LogP contribution < -0.4 is 0 Å². The number of hydrogen-bond donors (Lipinski definition) is 0. The van der Waals surface area contributed by atoms with Crippen molar-refractivity contribution in [2.24, 2.45) is 5.92 Å². The minimum Gasteiger partial charge on any atom is -0.444 e. The minimum absolute atomic E-state index is 0.0478. The normalized spacial score (nSPS) is 30.9. The summed E-state index contributed by atoms with van der Waals surface area (Å²) < 4.78 is 15.6. The summed E-state index contributed by atoms with van der Waals surface area (Å²) in [6.07, 6.45) is 11.3. The first kappa shape index (κ1) is 29.4. The van der Waals surface area contributed by atoms with E-state index in [9.17, 15) is 4.79 Å². The van der Waals surface area contributed by atoms with E-state index in [1.165, 1.54) is 49.8 Å². The molecule has 5 fully saturated rings. The van der Waals surface area contributed by atoms with Crippen molar-refractivity contribution in [3.63, 3.8) is 0 Å². The van der Waals surface area contributed by atoms with Gasteiger partial charge in [-0.1, -0.05) is 47.7 Å². The van der Waals surface area contributed by atoms with Gasteiger partial charge in [0, 0.05) is 36.8 Å². The molecule has 1 amide bonds. The van der Waals surface area contributed by atoms with E-state index in [4.69, 9.17) is 14.5 Å². The fraction of sp³-hybridized carbons (Fsp3) is 0.697. The minimum atomic E-state index is -1.18. The number of imidazole rings is 1. The van der Waals surface area contributed by atoms with Crippen LogP contribution in [0.15, 0.2) is 34.9 Å². The molecule has 0 N–H and O–H groups in total. The molecule has 4 aliphatic carbocycles. The van der Waals surface area contributed by atoms with Gasteiger partial charge in [0.15, 0.2) is 0 Å². The van der Waals surface area contributed by atoms with Crippen LogP contribution in [-0.4, -0.2) is 46.9 Å². The van der Waals surface area contributed by atoms with Gasteiger partial charge in [-0.15, -0.1) is 0 Å². The fourth-order valence-electron chi connectivity index (χ4n) is 7.67. The highest BCUT2D eigenvalue weighted by atomic mass is 79.9. The third-order valence-electron chi connectivity index (χ3n) is 10.3. The average Bonchev–Trinajstić information content (AvgIpc) is 3.35. The number of amides is 1. The molecule has 0 radical (unpaired) electrons. The van der Waals surface area contributed by atoms with Crippen LogP contribution in [0.25, 0.3) is 0 Å². The Bertz CT molecular complexity index is 1250. The van der Waals surface area contributed by atoms with Gasteiger partial charge in [0.25, 0.3) is 0 Å². The molecular weight excluding hydrogens is 594 g/mol. The number of nitrogens with zero attached hydrogens (tertiary/aromatic N) is 3. The number of piperidine rings is 1. The van der Waals surface area contributed by atoms with Gasteiger partial charge in [-0.2, -0.15) is 0 Å². The number of halogens is 1. The Morgan fingerprint density at radius 2 is 1.66 bits per heavy atom. The summed E-state index contributed by atoms with van der Waals surface area (Å²) in [6, 6.07) is 10.4. The van der Waals surface area contributed by atoms with Crippen molar-refractivity contribution >= 4 is 30.1 Å². The highest BCUT2D eigenvalue weighted by molar-refractivity contribution is 9.10. The number of hydrogen-bond acceptors (Lipinski definition) is 4. The molecule has 1 saturated heterocycles. The molecule has 224 valence electrons. The lowest BCUT2D eigenvalue weighted by Crippen LogP contribution is -2.46. The molecule has 6 nitrogen and oxygen atoms in total. The van der Waals surface area contributed by atoms with Gasteiger partial charge >= 0.3 is 6.09 Å². The Morgan fingerprint density at radius 3 is 2.27 bits per heavy atom. The van der Waals surface area contributed by atoms with E-state index in [1.54, 1.807) is 0 Å². The standard InChI is InChI=1S/C33H48BrN3O3Si/c1-31(2,3)40-30(38)37-26-19-23(26)20-27(37)29-35-28(21-36(29)22-39-17-18-41(4,5)6)33-14-11-32(12-15-33,13-16-33)24-7-9-25(34)10-8-24/h7-10,21,23,26-27H,11-20,22H2,1-6H3/t23-,26-,27+,32?,33?/m1/s1. The van der Waals surface area contributed by atoms with E-state index >= 15 is 0 Å². The highest BCUT2D eigenvalue weighted by Gasteiger charge is 2.57. The van der Waals surface area contributed by atoms with Crippen molar-refractivity contribution < 1.29 is 14.3 Å². The summed E-state index contributed by atoms with van der Waals surface area (Å²) in [4.78, 5) is 20.9. The Hall–Kier alpha value is -1.64. The molecule has 41 heavy (non-hydrogen) atoms. The van der Waals surface area contributed by atoms with Gasteiger partial charge < -0.3 is 14.0 Å². The molecule has 2 bridgehead atoms. The Morgan fingerprint density at radius 1 is 1.02 bits per heavy atom. The molecule has 8 heteroatoms. The Labute approximate surface area is 255 Å². The number of fused-ring (bicyclic) bond motifs is 4. The number of benzene rings is 1. The maximum Gasteiger partial charge on any atom is 0.411 e. The van der Waals surface area contributed by atoms with Crippen molar-refractivity contribution in [3.05, 3.63) is 52.0 Å². The highest BCUT2D eigenvalue weighted by Crippen LogP contribution is 2.59. The SMILES string of the molecule is CC(C)(C)OC(=O)N1[C@@H]2C[C@@H]2C[C@H]1c1nc(C23CCC(c4ccc(Br)cc4)(CC2)CC3)cn1COCC[Si](C)(C)C. The number of likely N-dealkylation sites (tertiary alicyclic amines) is 1. The second-order valence-electron chi connectivity index (χ2n) is 15.6. The molecule has 3 atom stereocenters. The van der Waals surface area contributed by atoms with Crippen molar-refractivity contribution in [1.82, 2.24) is 14.5 Å². The predicted octanol–water partition coefficient (Wildman–Crippen LogP) is 8.57. The predicted molar refractivity (Wildman–Crippen MR) is 169 cm³/mol. The van der Waals surface area contributed by atoms with E-state index in [0.29, 0.717) is 18.1 Å². The lowest BCUT2D eigenvalue weighted by atomic mass is 9.51. The van der Waals surface area contributed by atoms with Crippen LogP contribution in [0.4, 0.5) is 4.79 Å². The Kier molecular flexibility index (Phi) is 7.55. The monoisotopic (exact) mass is 641 g/mol. The quantitative estimate of drug-likeness (QED) is 0.214. The van der Waals surface area contributed by atoms with Crippen LogP contribution in [0, 0.1) is 5.92 Å². The maximum absolute atomic E-state index is 13.4. The van der Waals surface area contributed by atoms with E-state index in [2.05, 4.69) is 70.6 Å². The van der Waals surface area contributed by atoms with Crippen molar-refractivity contribution in [1.29, 1.82) is 0 Å². The van der Waals surface area contributed by atoms with Crippen LogP contribution in [0.3, 0.4) is 0 Å². The molecule has 1 aromatic carbocycles. The second kappa shape index (κ2) is 10.5. The molecule has 1 aliphatic heterocycles. The number of carbonyl (C=O) groups is 1. The van der Waals surface area contributed by atoms with Gasteiger partial charge in [0.1, 0.15) is 18.2 Å². The summed E-state index contributed by atoms with van der Waals surface area (Å²) in [5.74, 6) is 1.55. The summed E-state index contributed by atoms with van der Waals surface area (Å²) in [5, 5.41) is 0. The number of ether oxygens (including phenoxy) is 2. The van der Waals surface area contributed by atoms with Gasteiger partial charge in [-0.25, -0.2) is 9.78 Å². The molecule has 0 unspecified atom stereocenters. The van der Waals surface area contributed by atoms with Gasteiger partial charge in [-0.3, -0.25) is 4.90 Å². The Balaban J connectivity index is 1.26. The largest absolute Gasteiger partial charge is 0.444 e. The zero-order chi connectivity index (χ0) is 29.2. The zero-order valence-electron chi connectivity index (χ0n) is 25.8. The van der Waals surface area contributed by atoms with Gasteiger partial charge in [0.05, 0.1) is 11.7 Å². The topological polar surface area (TPSA) is 56.6 Å². The number of carbonyl (C=O) groups excluding carboxylic acids is 1. The van der Waals surface area contributed by atoms with Crippen molar-refractivity contribution in [2.45, 2.75) is 133 Å². The first-order valence-electron chi connectivity index (χ1n) is 15.7. The van der Waals surface area contributed by atoms with Crippen LogP contribution in [0.5, 0.6) is 0 Å². The van der Waals surface area contributed by atoms with E-state index in [1.807, 2.05) is 25.7 Å². The summed E-state index contributed by atoms with van der Waals surface area (Å²) >= 11 is 3.61. The van der Waals surface area contributed by atoms with E-state index in [-0.39, 0.29) is 23.6 Å². The molecule has 4 saturated carbocycles. The smallest absolute Gasteiger partial charge is 0.411 e. The zero-order valence-corrected chi connectivity index (χ0v) is 28.4. The number of aromatic nitrogens is 2. The summed E-state index contributed by atoms with van der Waals surface area (Å²) in [5.41, 5.74) is 2.62. The second-order valence-corrected chi connectivity index (χ2v) is 22.1. The van der Waals surface area contributed by atoms with Crippen LogP contribution in [0.1, 0.15) is 95.3 Å². The van der Waals surface area contributed by atoms with Gasteiger partial charge in [0.2, 0.25) is 0 Å². The lowest BCUT2D eigenvalue weighted by molar-refractivity contribution is 0.0159. The molecular formula is C33H48BrN3O3Si. The number of rotatable bonds is 8. The molecule has 5 aliphatic rings. The molecule has 7 rings (SSSR count). The summed E-state index contributed by atoms with van der Waals surface area (Å²) in [6.45, 7) is 14.3. The average molecular weight is 643 g/mol.